The summed E-state index contributed by atoms with van der Waals surface area (Å²) in [5, 5.41) is 14.9. The van der Waals surface area contributed by atoms with Gasteiger partial charge in [-0.25, -0.2) is 0 Å². The van der Waals surface area contributed by atoms with Crippen LogP contribution in [0.15, 0.2) is 39.7 Å². The van der Waals surface area contributed by atoms with Crippen molar-refractivity contribution in [3.05, 3.63) is 35.4 Å². The summed E-state index contributed by atoms with van der Waals surface area (Å²) in [6.45, 7) is 6.05. The van der Waals surface area contributed by atoms with E-state index in [1.54, 1.807) is 20.2 Å². The van der Waals surface area contributed by atoms with E-state index in [9.17, 15) is 4.79 Å². The number of carbonyl (C=O) groups is 1. The van der Waals surface area contributed by atoms with Crippen LogP contribution >= 0.6 is 0 Å². The first-order valence-corrected chi connectivity index (χ1v) is 10.8. The summed E-state index contributed by atoms with van der Waals surface area (Å²) in [7, 11) is 4.49. The third-order valence-corrected chi connectivity index (χ3v) is 4.87. The van der Waals surface area contributed by atoms with Crippen molar-refractivity contribution < 1.29 is 19.3 Å². The molecule has 1 aromatic carbocycles. The first-order chi connectivity index (χ1) is 15.1. The minimum atomic E-state index is -0.342. The first-order valence-electron chi connectivity index (χ1n) is 10.8. The SMILES string of the molecule is CC.CNC(=O)/C(=N/OC)c1ccccc1CO/N=C(C)/C(=N/OC)C1CCCCC1. The summed E-state index contributed by atoms with van der Waals surface area (Å²) in [4.78, 5) is 27.6. The molecule has 0 aliphatic heterocycles. The van der Waals surface area contributed by atoms with Gasteiger partial charge in [0, 0.05) is 24.1 Å². The van der Waals surface area contributed by atoms with Crippen molar-refractivity contribution in [2.45, 2.75) is 59.5 Å². The maximum absolute atomic E-state index is 12.2. The summed E-state index contributed by atoms with van der Waals surface area (Å²) in [6, 6.07) is 7.35. The Morgan fingerprint density at radius 1 is 1.03 bits per heavy atom. The number of amides is 1. The van der Waals surface area contributed by atoms with Gasteiger partial charge in [-0.1, -0.05) is 72.8 Å². The maximum Gasteiger partial charge on any atom is 0.273 e. The van der Waals surface area contributed by atoms with Gasteiger partial charge in [0.1, 0.15) is 32.2 Å². The van der Waals surface area contributed by atoms with Crippen LogP contribution in [-0.4, -0.2) is 44.3 Å². The number of nitrogens with one attached hydrogen (secondary N) is 1. The second-order valence-electron chi connectivity index (χ2n) is 6.80. The molecule has 1 fully saturated rings. The largest absolute Gasteiger partial charge is 0.399 e. The van der Waals surface area contributed by atoms with Gasteiger partial charge in [-0.2, -0.15) is 0 Å². The lowest BCUT2D eigenvalue weighted by atomic mass is 9.84. The van der Waals surface area contributed by atoms with Gasteiger partial charge in [-0.3, -0.25) is 4.79 Å². The van der Waals surface area contributed by atoms with Crippen LogP contribution in [-0.2, 0) is 25.9 Å². The Labute approximate surface area is 185 Å². The predicted molar refractivity (Wildman–Crippen MR) is 124 cm³/mol. The fourth-order valence-corrected chi connectivity index (χ4v) is 3.46. The highest BCUT2D eigenvalue weighted by Crippen LogP contribution is 2.25. The summed E-state index contributed by atoms with van der Waals surface area (Å²) in [5.41, 5.74) is 3.12. The molecule has 0 unspecified atom stereocenters. The lowest BCUT2D eigenvalue weighted by Gasteiger charge is -2.22. The number of nitrogens with zero attached hydrogens (tertiary/aromatic N) is 3. The van der Waals surface area contributed by atoms with E-state index in [-0.39, 0.29) is 18.2 Å². The van der Waals surface area contributed by atoms with Crippen molar-refractivity contribution in [3.63, 3.8) is 0 Å². The van der Waals surface area contributed by atoms with Crippen LogP contribution in [0.1, 0.15) is 64.0 Å². The summed E-state index contributed by atoms with van der Waals surface area (Å²) in [6.07, 6.45) is 5.81. The van der Waals surface area contributed by atoms with E-state index in [1.165, 1.54) is 26.4 Å². The predicted octanol–water partition coefficient (Wildman–Crippen LogP) is 4.28. The van der Waals surface area contributed by atoms with Crippen molar-refractivity contribution in [1.29, 1.82) is 0 Å². The lowest BCUT2D eigenvalue weighted by Crippen LogP contribution is -2.29. The number of carbonyl (C=O) groups excluding carboxylic acids is 1. The molecule has 1 saturated carbocycles. The number of hydrogen-bond donors (Lipinski definition) is 1. The minimum absolute atomic E-state index is 0.179. The quantitative estimate of drug-likeness (QED) is 0.465. The molecule has 1 N–H and O–H groups in total. The molecular weight excluding hydrogens is 396 g/mol. The molecule has 0 atom stereocenters. The fourth-order valence-electron chi connectivity index (χ4n) is 3.46. The van der Waals surface area contributed by atoms with Gasteiger partial charge in [0.25, 0.3) is 5.91 Å². The third kappa shape index (κ3) is 8.03. The van der Waals surface area contributed by atoms with E-state index in [0.29, 0.717) is 17.2 Å². The van der Waals surface area contributed by atoms with Crippen LogP contribution in [0, 0.1) is 5.92 Å². The van der Waals surface area contributed by atoms with Crippen molar-refractivity contribution in [2.75, 3.05) is 21.3 Å². The average Bonchev–Trinajstić information content (AvgIpc) is 2.82. The Hall–Kier alpha value is -2.90. The van der Waals surface area contributed by atoms with E-state index in [0.717, 1.165) is 24.1 Å². The standard InChI is InChI=1S/C21H30N4O4.C2H6/c1-15(19(24-27-3)16-10-6-5-7-11-16)23-29-14-17-12-8-9-13-18(17)20(25-28-4)21(26)22-2;1-2/h8-9,12-13,16H,5-7,10-11,14H2,1-4H3,(H,22,26);1-2H3/b23-15+,24-19-,25-20+;. The van der Waals surface area contributed by atoms with Crippen LogP contribution in [0.5, 0.6) is 0 Å². The van der Waals surface area contributed by atoms with Gasteiger partial charge in [0.05, 0.1) is 0 Å². The third-order valence-electron chi connectivity index (χ3n) is 4.87. The zero-order valence-corrected chi connectivity index (χ0v) is 19.6. The second-order valence-corrected chi connectivity index (χ2v) is 6.80. The maximum atomic E-state index is 12.2. The number of benzene rings is 1. The number of oxime groups is 3. The molecule has 1 amide bonds. The van der Waals surface area contributed by atoms with Gasteiger partial charge >= 0.3 is 0 Å². The zero-order valence-electron chi connectivity index (χ0n) is 19.6. The average molecular weight is 433 g/mol. The van der Waals surface area contributed by atoms with Gasteiger partial charge in [-0.05, 0) is 19.8 Å². The zero-order chi connectivity index (χ0) is 23.1. The molecule has 1 aliphatic carbocycles. The molecular formula is C23H36N4O4. The van der Waals surface area contributed by atoms with Crippen LogP contribution < -0.4 is 5.32 Å². The smallest absolute Gasteiger partial charge is 0.273 e. The normalized spacial score (nSPS) is 15.5. The molecule has 0 radical (unpaired) electrons. The number of rotatable bonds is 9. The monoisotopic (exact) mass is 432 g/mol. The molecule has 1 aromatic rings. The Balaban J connectivity index is 0.00000233. The molecule has 0 bridgehead atoms. The first kappa shape index (κ1) is 26.1. The molecule has 0 spiro atoms. The van der Waals surface area contributed by atoms with Gasteiger partial charge in [0.2, 0.25) is 0 Å². The van der Waals surface area contributed by atoms with Gasteiger partial charge < -0.3 is 19.8 Å². The number of likely N-dealkylation sites (N-methyl/N-ethyl adjacent to an activating group) is 1. The molecule has 0 saturated heterocycles. The lowest BCUT2D eigenvalue weighted by molar-refractivity contribution is -0.114. The Morgan fingerprint density at radius 2 is 1.68 bits per heavy atom. The van der Waals surface area contributed by atoms with Crippen LogP contribution in [0.25, 0.3) is 0 Å². The molecule has 8 nitrogen and oxygen atoms in total. The Morgan fingerprint density at radius 3 is 2.29 bits per heavy atom. The topological polar surface area (TPSA) is 93.9 Å². The highest BCUT2D eigenvalue weighted by molar-refractivity contribution is 6.45. The molecule has 172 valence electrons. The second kappa shape index (κ2) is 15.0. The minimum Gasteiger partial charge on any atom is -0.399 e. The Bertz CT molecular complexity index is 769. The van der Waals surface area contributed by atoms with Gasteiger partial charge in [-0.15, -0.1) is 0 Å². The highest BCUT2D eigenvalue weighted by atomic mass is 16.6. The van der Waals surface area contributed by atoms with E-state index >= 15 is 0 Å². The van der Waals surface area contributed by atoms with Crippen molar-refractivity contribution in [1.82, 2.24) is 5.32 Å². The van der Waals surface area contributed by atoms with E-state index in [4.69, 9.17) is 14.5 Å². The van der Waals surface area contributed by atoms with E-state index in [1.807, 2.05) is 39.0 Å². The summed E-state index contributed by atoms with van der Waals surface area (Å²) >= 11 is 0. The van der Waals surface area contributed by atoms with Crippen LogP contribution in [0.4, 0.5) is 0 Å². The fraction of sp³-hybridized carbons (Fsp3) is 0.565. The van der Waals surface area contributed by atoms with Crippen LogP contribution in [0.2, 0.25) is 0 Å². The summed E-state index contributed by atoms with van der Waals surface area (Å²) in [5.74, 6) is 0.00261. The molecule has 0 aromatic heterocycles. The van der Waals surface area contributed by atoms with Crippen molar-refractivity contribution >= 4 is 23.0 Å². The molecule has 0 heterocycles. The van der Waals surface area contributed by atoms with E-state index in [2.05, 4.69) is 20.8 Å². The van der Waals surface area contributed by atoms with Crippen molar-refractivity contribution in [3.8, 4) is 0 Å². The molecule has 1 aliphatic rings. The molecule has 2 rings (SSSR count). The van der Waals surface area contributed by atoms with E-state index < -0.39 is 0 Å². The molecule has 31 heavy (non-hydrogen) atoms. The van der Waals surface area contributed by atoms with Gasteiger partial charge in [0.15, 0.2) is 5.71 Å². The summed E-state index contributed by atoms with van der Waals surface area (Å²) < 4.78 is 0. The van der Waals surface area contributed by atoms with Crippen molar-refractivity contribution in [2.24, 2.45) is 21.4 Å². The molecule has 8 heteroatoms. The highest BCUT2D eigenvalue weighted by Gasteiger charge is 2.23. The number of hydrogen-bond acceptors (Lipinski definition) is 7. The van der Waals surface area contributed by atoms with Crippen LogP contribution in [0.3, 0.4) is 0 Å². The Kier molecular flexibility index (Phi) is 12.6.